The summed E-state index contributed by atoms with van der Waals surface area (Å²) in [6.45, 7) is 5.79. The summed E-state index contributed by atoms with van der Waals surface area (Å²) in [5.41, 5.74) is 8.32. The fraction of sp³-hybridized carbons (Fsp3) is 0.368. The van der Waals surface area contributed by atoms with Gasteiger partial charge in [-0.1, -0.05) is 29.8 Å². The third-order valence-corrected chi connectivity index (χ3v) is 3.99. The molecule has 124 valence electrons. The molecule has 2 aromatic carbocycles. The summed E-state index contributed by atoms with van der Waals surface area (Å²) in [4.78, 5) is 0. The monoisotopic (exact) mass is 333 g/mol. The van der Waals surface area contributed by atoms with E-state index in [1.54, 1.807) is 0 Å². The number of nitrogens with two attached hydrogens (primary N) is 1. The van der Waals surface area contributed by atoms with E-state index in [0.717, 1.165) is 28.5 Å². The quantitative estimate of drug-likeness (QED) is 0.777. The molecule has 0 aliphatic carbocycles. The molecule has 0 fully saturated rings. The van der Waals surface area contributed by atoms with Gasteiger partial charge in [0.05, 0.1) is 13.2 Å². The fourth-order valence-electron chi connectivity index (χ4n) is 2.59. The van der Waals surface area contributed by atoms with Crippen LogP contribution in [-0.2, 0) is 6.42 Å². The van der Waals surface area contributed by atoms with Gasteiger partial charge in [-0.05, 0) is 56.1 Å². The summed E-state index contributed by atoms with van der Waals surface area (Å²) in [5.74, 6) is 1.92. The van der Waals surface area contributed by atoms with E-state index in [1.165, 1.54) is 5.56 Å². The molecule has 0 radical (unpaired) electrons. The standard InChI is InChI=1S/C19H24ClNO2/c1-3-22-18-10-7-15(19(12-18)23-4-2)11-16(13-21)14-5-8-17(20)9-6-14/h5-10,12,16H,3-4,11,13,21H2,1-2H3. The van der Waals surface area contributed by atoms with E-state index >= 15 is 0 Å². The summed E-state index contributed by atoms with van der Waals surface area (Å²) in [6, 6.07) is 13.9. The highest BCUT2D eigenvalue weighted by Crippen LogP contribution is 2.30. The van der Waals surface area contributed by atoms with Crippen molar-refractivity contribution in [3.05, 3.63) is 58.6 Å². The van der Waals surface area contributed by atoms with Crippen LogP contribution in [0, 0.1) is 0 Å². The maximum absolute atomic E-state index is 5.99. The Bertz CT molecular complexity index is 613. The van der Waals surface area contributed by atoms with Gasteiger partial charge in [0.15, 0.2) is 0 Å². The van der Waals surface area contributed by atoms with Gasteiger partial charge < -0.3 is 15.2 Å². The number of hydrogen-bond acceptors (Lipinski definition) is 3. The summed E-state index contributed by atoms with van der Waals surface area (Å²) in [5, 5.41) is 0.737. The van der Waals surface area contributed by atoms with Gasteiger partial charge in [-0.25, -0.2) is 0 Å². The molecule has 2 rings (SSSR count). The molecule has 0 aliphatic heterocycles. The van der Waals surface area contributed by atoms with Crippen LogP contribution >= 0.6 is 11.6 Å². The normalized spacial score (nSPS) is 12.0. The van der Waals surface area contributed by atoms with Crippen LogP contribution in [0.15, 0.2) is 42.5 Å². The van der Waals surface area contributed by atoms with Crippen molar-refractivity contribution >= 4 is 11.6 Å². The Labute approximate surface area is 143 Å². The molecule has 2 N–H and O–H groups in total. The third kappa shape index (κ3) is 4.88. The van der Waals surface area contributed by atoms with Crippen LogP contribution < -0.4 is 15.2 Å². The molecular formula is C19H24ClNO2. The second kappa shape index (κ2) is 8.80. The molecule has 3 nitrogen and oxygen atoms in total. The fourth-order valence-corrected chi connectivity index (χ4v) is 2.71. The molecule has 0 aliphatic rings. The number of ether oxygens (including phenoxy) is 2. The average Bonchev–Trinajstić information content (AvgIpc) is 2.56. The lowest BCUT2D eigenvalue weighted by atomic mass is 9.91. The summed E-state index contributed by atoms with van der Waals surface area (Å²) < 4.78 is 11.3. The van der Waals surface area contributed by atoms with Crippen LogP contribution in [-0.4, -0.2) is 19.8 Å². The lowest BCUT2D eigenvalue weighted by Gasteiger charge is -2.18. The van der Waals surface area contributed by atoms with Crippen molar-refractivity contribution in [1.29, 1.82) is 0 Å². The van der Waals surface area contributed by atoms with Crippen LogP contribution in [0.5, 0.6) is 11.5 Å². The Hall–Kier alpha value is -1.71. The maximum atomic E-state index is 5.99. The number of hydrogen-bond donors (Lipinski definition) is 1. The minimum absolute atomic E-state index is 0.226. The molecule has 0 bridgehead atoms. The Morgan fingerprint density at radius 1 is 1.00 bits per heavy atom. The average molecular weight is 334 g/mol. The highest BCUT2D eigenvalue weighted by Gasteiger charge is 2.14. The first kappa shape index (κ1) is 17.6. The highest BCUT2D eigenvalue weighted by molar-refractivity contribution is 6.30. The Morgan fingerprint density at radius 2 is 1.70 bits per heavy atom. The molecule has 1 unspecified atom stereocenters. The Morgan fingerprint density at radius 3 is 2.30 bits per heavy atom. The van der Waals surface area contributed by atoms with Gasteiger partial charge >= 0.3 is 0 Å². The van der Waals surface area contributed by atoms with Gasteiger partial charge in [-0.15, -0.1) is 0 Å². The highest BCUT2D eigenvalue weighted by atomic mass is 35.5. The van der Waals surface area contributed by atoms with E-state index in [9.17, 15) is 0 Å². The number of rotatable bonds is 8. The van der Waals surface area contributed by atoms with E-state index in [1.807, 2.05) is 50.2 Å². The van der Waals surface area contributed by atoms with Crippen LogP contribution in [0.2, 0.25) is 5.02 Å². The second-order valence-electron chi connectivity index (χ2n) is 5.32. The smallest absolute Gasteiger partial charge is 0.126 e. The lowest BCUT2D eigenvalue weighted by molar-refractivity contribution is 0.320. The van der Waals surface area contributed by atoms with Crippen LogP contribution in [0.1, 0.15) is 30.9 Å². The molecule has 23 heavy (non-hydrogen) atoms. The molecule has 0 saturated heterocycles. The first-order chi connectivity index (χ1) is 11.2. The minimum Gasteiger partial charge on any atom is -0.494 e. The number of benzene rings is 2. The molecular weight excluding hydrogens is 310 g/mol. The van der Waals surface area contributed by atoms with Gasteiger partial charge in [0.1, 0.15) is 11.5 Å². The first-order valence-electron chi connectivity index (χ1n) is 8.02. The SMILES string of the molecule is CCOc1ccc(CC(CN)c2ccc(Cl)cc2)c(OCC)c1. The van der Waals surface area contributed by atoms with E-state index in [-0.39, 0.29) is 5.92 Å². The molecule has 1 atom stereocenters. The molecule has 0 heterocycles. The van der Waals surface area contributed by atoms with Crippen molar-refractivity contribution in [1.82, 2.24) is 0 Å². The number of halogens is 1. The second-order valence-corrected chi connectivity index (χ2v) is 5.76. The molecule has 0 saturated carbocycles. The van der Waals surface area contributed by atoms with Gasteiger partial charge in [0.2, 0.25) is 0 Å². The van der Waals surface area contributed by atoms with E-state index in [2.05, 4.69) is 6.07 Å². The predicted molar refractivity (Wildman–Crippen MR) is 95.7 cm³/mol. The van der Waals surface area contributed by atoms with Gasteiger partial charge in [-0.2, -0.15) is 0 Å². The first-order valence-corrected chi connectivity index (χ1v) is 8.39. The molecule has 0 aromatic heterocycles. The van der Waals surface area contributed by atoms with Crippen molar-refractivity contribution in [3.63, 3.8) is 0 Å². The minimum atomic E-state index is 0.226. The van der Waals surface area contributed by atoms with Crippen molar-refractivity contribution in [2.24, 2.45) is 5.73 Å². The molecule has 4 heteroatoms. The van der Waals surface area contributed by atoms with Crippen molar-refractivity contribution in [2.75, 3.05) is 19.8 Å². The Kier molecular flexibility index (Phi) is 6.75. The lowest BCUT2D eigenvalue weighted by Crippen LogP contribution is -2.15. The maximum Gasteiger partial charge on any atom is 0.126 e. The molecule has 2 aromatic rings. The zero-order chi connectivity index (χ0) is 16.7. The molecule has 0 amide bonds. The van der Waals surface area contributed by atoms with Gasteiger partial charge in [-0.3, -0.25) is 0 Å². The van der Waals surface area contributed by atoms with Crippen LogP contribution in [0.3, 0.4) is 0 Å². The van der Waals surface area contributed by atoms with Crippen LogP contribution in [0.25, 0.3) is 0 Å². The van der Waals surface area contributed by atoms with E-state index in [4.69, 9.17) is 26.8 Å². The van der Waals surface area contributed by atoms with Gasteiger partial charge in [0, 0.05) is 17.0 Å². The molecule has 0 spiro atoms. The van der Waals surface area contributed by atoms with E-state index in [0.29, 0.717) is 19.8 Å². The van der Waals surface area contributed by atoms with Gasteiger partial charge in [0.25, 0.3) is 0 Å². The van der Waals surface area contributed by atoms with Crippen molar-refractivity contribution < 1.29 is 9.47 Å². The zero-order valence-corrected chi connectivity index (χ0v) is 14.5. The largest absolute Gasteiger partial charge is 0.494 e. The van der Waals surface area contributed by atoms with Crippen molar-refractivity contribution in [2.45, 2.75) is 26.2 Å². The predicted octanol–water partition coefficient (Wildman–Crippen LogP) is 4.42. The Balaban J connectivity index is 2.23. The summed E-state index contributed by atoms with van der Waals surface area (Å²) >= 11 is 5.97. The third-order valence-electron chi connectivity index (χ3n) is 3.74. The zero-order valence-electron chi connectivity index (χ0n) is 13.7. The summed E-state index contributed by atoms with van der Waals surface area (Å²) in [7, 11) is 0. The topological polar surface area (TPSA) is 44.5 Å². The van der Waals surface area contributed by atoms with Crippen LogP contribution in [0.4, 0.5) is 0 Å². The van der Waals surface area contributed by atoms with E-state index < -0.39 is 0 Å². The van der Waals surface area contributed by atoms with Crippen molar-refractivity contribution in [3.8, 4) is 11.5 Å². The summed E-state index contributed by atoms with van der Waals surface area (Å²) in [6.07, 6.45) is 0.819.